The van der Waals surface area contributed by atoms with Crippen molar-refractivity contribution in [3.05, 3.63) is 21.4 Å². The van der Waals surface area contributed by atoms with Gasteiger partial charge in [-0.3, -0.25) is 0 Å². The molecule has 1 rings (SSSR count). The molecule has 1 N–H and O–H groups in total. The number of nitrogens with one attached hydrogen (secondary N) is 1. The molecule has 1 unspecified atom stereocenters. The first-order valence-electron chi connectivity index (χ1n) is 5.99. The first-order chi connectivity index (χ1) is 7.19. The standard InChI is InChI=1S/C13H23NS/c1-5-7-8-12(14-6-2)13-9-10(3)11(4)15-13/h9,12,14H,5-8H2,1-4H3. The van der Waals surface area contributed by atoms with Gasteiger partial charge in [-0.2, -0.15) is 0 Å². The van der Waals surface area contributed by atoms with E-state index in [1.54, 1.807) is 0 Å². The van der Waals surface area contributed by atoms with Crippen molar-refractivity contribution in [3.8, 4) is 0 Å². The highest BCUT2D eigenvalue weighted by Gasteiger charge is 2.12. The van der Waals surface area contributed by atoms with E-state index in [2.05, 4.69) is 39.1 Å². The van der Waals surface area contributed by atoms with Crippen molar-refractivity contribution in [1.29, 1.82) is 0 Å². The average molecular weight is 225 g/mol. The third-order valence-corrected chi connectivity index (χ3v) is 4.09. The summed E-state index contributed by atoms with van der Waals surface area (Å²) in [4.78, 5) is 2.98. The normalized spacial score (nSPS) is 13.1. The van der Waals surface area contributed by atoms with Gasteiger partial charge in [0.05, 0.1) is 0 Å². The van der Waals surface area contributed by atoms with Crippen LogP contribution in [-0.2, 0) is 0 Å². The smallest absolute Gasteiger partial charge is 0.0414 e. The van der Waals surface area contributed by atoms with Crippen molar-refractivity contribution in [2.24, 2.45) is 0 Å². The fraction of sp³-hybridized carbons (Fsp3) is 0.692. The Hall–Kier alpha value is -0.340. The van der Waals surface area contributed by atoms with Crippen LogP contribution >= 0.6 is 11.3 Å². The van der Waals surface area contributed by atoms with Crippen molar-refractivity contribution >= 4 is 11.3 Å². The van der Waals surface area contributed by atoms with Crippen LogP contribution in [0.2, 0.25) is 0 Å². The molecular weight excluding hydrogens is 202 g/mol. The maximum absolute atomic E-state index is 3.58. The molecule has 0 aliphatic carbocycles. The van der Waals surface area contributed by atoms with Gasteiger partial charge in [0, 0.05) is 15.8 Å². The van der Waals surface area contributed by atoms with Crippen LogP contribution in [0, 0.1) is 13.8 Å². The molecule has 0 spiro atoms. The van der Waals surface area contributed by atoms with E-state index in [0.717, 1.165) is 6.54 Å². The SMILES string of the molecule is CCCCC(NCC)c1cc(C)c(C)s1. The van der Waals surface area contributed by atoms with E-state index in [0.29, 0.717) is 6.04 Å². The molecule has 1 atom stereocenters. The molecule has 1 aromatic heterocycles. The van der Waals surface area contributed by atoms with Crippen molar-refractivity contribution in [3.63, 3.8) is 0 Å². The molecule has 2 heteroatoms. The van der Waals surface area contributed by atoms with Gasteiger partial charge >= 0.3 is 0 Å². The molecule has 0 bridgehead atoms. The van der Waals surface area contributed by atoms with Crippen molar-refractivity contribution in [2.45, 2.75) is 53.0 Å². The summed E-state index contributed by atoms with van der Waals surface area (Å²) in [6, 6.07) is 2.93. The monoisotopic (exact) mass is 225 g/mol. The topological polar surface area (TPSA) is 12.0 Å². The van der Waals surface area contributed by atoms with Gasteiger partial charge in [0.2, 0.25) is 0 Å². The maximum atomic E-state index is 3.58. The summed E-state index contributed by atoms with van der Waals surface area (Å²) in [5.41, 5.74) is 1.44. The zero-order valence-electron chi connectivity index (χ0n) is 10.4. The Labute approximate surface area is 97.9 Å². The number of unbranched alkanes of at least 4 members (excludes halogenated alkanes) is 1. The minimum Gasteiger partial charge on any atom is -0.310 e. The molecule has 0 aromatic carbocycles. The minimum atomic E-state index is 0.576. The summed E-state index contributed by atoms with van der Waals surface area (Å²) in [7, 11) is 0. The van der Waals surface area contributed by atoms with Crippen LogP contribution in [0.1, 0.15) is 54.5 Å². The van der Waals surface area contributed by atoms with Crippen molar-refractivity contribution in [2.75, 3.05) is 6.54 Å². The number of aryl methyl sites for hydroxylation is 2. The molecule has 0 saturated heterocycles. The summed E-state index contributed by atoms with van der Waals surface area (Å²) in [5, 5.41) is 3.58. The van der Waals surface area contributed by atoms with Crippen LogP contribution in [-0.4, -0.2) is 6.54 Å². The first-order valence-corrected chi connectivity index (χ1v) is 6.81. The van der Waals surface area contributed by atoms with E-state index < -0.39 is 0 Å². The van der Waals surface area contributed by atoms with Crippen LogP contribution in [0.25, 0.3) is 0 Å². The van der Waals surface area contributed by atoms with Gasteiger partial charge in [0.15, 0.2) is 0 Å². The molecule has 1 nitrogen and oxygen atoms in total. The lowest BCUT2D eigenvalue weighted by molar-refractivity contribution is 0.501. The Balaban J connectivity index is 2.69. The first kappa shape index (κ1) is 12.7. The van der Waals surface area contributed by atoms with Crippen LogP contribution in [0.15, 0.2) is 6.07 Å². The zero-order valence-corrected chi connectivity index (χ0v) is 11.2. The molecule has 0 aliphatic rings. The molecule has 0 saturated carbocycles. The highest BCUT2D eigenvalue weighted by Crippen LogP contribution is 2.29. The van der Waals surface area contributed by atoms with E-state index in [9.17, 15) is 0 Å². The Kier molecular flexibility index (Phi) is 5.34. The lowest BCUT2D eigenvalue weighted by Gasteiger charge is -2.15. The lowest BCUT2D eigenvalue weighted by Crippen LogP contribution is -2.19. The van der Waals surface area contributed by atoms with E-state index in [1.807, 2.05) is 11.3 Å². The lowest BCUT2D eigenvalue weighted by atomic mass is 10.1. The van der Waals surface area contributed by atoms with Crippen LogP contribution in [0.4, 0.5) is 0 Å². The largest absolute Gasteiger partial charge is 0.310 e. The van der Waals surface area contributed by atoms with Gasteiger partial charge in [-0.05, 0) is 38.4 Å². The highest BCUT2D eigenvalue weighted by molar-refractivity contribution is 7.12. The van der Waals surface area contributed by atoms with Gasteiger partial charge in [0.25, 0.3) is 0 Å². The Morgan fingerprint density at radius 2 is 2.07 bits per heavy atom. The molecule has 1 heterocycles. The maximum Gasteiger partial charge on any atom is 0.0414 e. The molecule has 1 aromatic rings. The van der Waals surface area contributed by atoms with E-state index >= 15 is 0 Å². The quantitative estimate of drug-likeness (QED) is 0.765. The van der Waals surface area contributed by atoms with E-state index in [1.165, 1.54) is 34.6 Å². The van der Waals surface area contributed by atoms with Crippen molar-refractivity contribution in [1.82, 2.24) is 5.32 Å². The van der Waals surface area contributed by atoms with Crippen LogP contribution in [0.5, 0.6) is 0 Å². The number of hydrogen-bond acceptors (Lipinski definition) is 2. The average Bonchev–Trinajstić information content (AvgIpc) is 2.54. The van der Waals surface area contributed by atoms with Crippen LogP contribution < -0.4 is 5.32 Å². The fourth-order valence-electron chi connectivity index (χ4n) is 1.77. The molecule has 0 radical (unpaired) electrons. The number of rotatable bonds is 6. The molecular formula is C13H23NS. The van der Waals surface area contributed by atoms with Crippen LogP contribution in [0.3, 0.4) is 0 Å². The highest BCUT2D eigenvalue weighted by atomic mass is 32.1. The summed E-state index contributed by atoms with van der Waals surface area (Å²) in [6.45, 7) is 9.93. The Bertz CT molecular complexity index is 271. The second-order valence-electron chi connectivity index (χ2n) is 4.14. The Morgan fingerprint density at radius 3 is 2.53 bits per heavy atom. The third-order valence-electron chi connectivity index (χ3n) is 2.83. The fourth-order valence-corrected chi connectivity index (χ4v) is 2.93. The molecule has 86 valence electrons. The second kappa shape index (κ2) is 6.29. The summed E-state index contributed by atoms with van der Waals surface area (Å²) in [6.07, 6.45) is 3.86. The number of thiophene rings is 1. The summed E-state index contributed by atoms with van der Waals surface area (Å²) >= 11 is 1.95. The van der Waals surface area contributed by atoms with Gasteiger partial charge in [-0.15, -0.1) is 11.3 Å². The molecule has 15 heavy (non-hydrogen) atoms. The zero-order chi connectivity index (χ0) is 11.3. The van der Waals surface area contributed by atoms with Gasteiger partial charge < -0.3 is 5.32 Å². The Morgan fingerprint density at radius 1 is 1.33 bits per heavy atom. The predicted octanol–water partition coefficient (Wildman–Crippen LogP) is 4.21. The summed E-state index contributed by atoms with van der Waals surface area (Å²) in [5.74, 6) is 0. The summed E-state index contributed by atoms with van der Waals surface area (Å²) < 4.78 is 0. The number of hydrogen-bond donors (Lipinski definition) is 1. The third kappa shape index (κ3) is 3.62. The second-order valence-corrected chi connectivity index (χ2v) is 5.43. The van der Waals surface area contributed by atoms with Crippen molar-refractivity contribution < 1.29 is 0 Å². The molecule has 0 fully saturated rings. The minimum absolute atomic E-state index is 0.576. The molecule has 0 amide bonds. The van der Waals surface area contributed by atoms with Gasteiger partial charge in [0.1, 0.15) is 0 Å². The van der Waals surface area contributed by atoms with E-state index in [-0.39, 0.29) is 0 Å². The van der Waals surface area contributed by atoms with E-state index in [4.69, 9.17) is 0 Å². The molecule has 0 aliphatic heterocycles. The van der Waals surface area contributed by atoms with Gasteiger partial charge in [-0.1, -0.05) is 26.7 Å². The van der Waals surface area contributed by atoms with Gasteiger partial charge in [-0.25, -0.2) is 0 Å². The predicted molar refractivity (Wildman–Crippen MR) is 69.7 cm³/mol.